The lowest BCUT2D eigenvalue weighted by molar-refractivity contribution is -0.125. The zero-order chi connectivity index (χ0) is 13.5. The van der Waals surface area contributed by atoms with Crippen LogP contribution in [0.2, 0.25) is 0 Å². The molecule has 1 unspecified atom stereocenters. The number of carbonyl (C=O) groups is 3. The van der Waals surface area contributed by atoms with E-state index in [1.807, 2.05) is 17.5 Å². The molecule has 0 fully saturated rings. The average molecular weight is 269 g/mol. The Bertz CT molecular complexity index is 431. The van der Waals surface area contributed by atoms with Crippen LogP contribution in [0.5, 0.6) is 0 Å². The van der Waals surface area contributed by atoms with Gasteiger partial charge in [-0.2, -0.15) is 0 Å². The van der Waals surface area contributed by atoms with Crippen LogP contribution in [0, 0.1) is 0 Å². The summed E-state index contributed by atoms with van der Waals surface area (Å²) in [7, 11) is 0. The second kappa shape index (κ2) is 6.75. The lowest BCUT2D eigenvalue weighted by atomic mass is 10.1. The minimum atomic E-state index is -0.601. The molecule has 0 saturated carbocycles. The number of nitrogens with one attached hydrogen (secondary N) is 2. The Kier molecular flexibility index (Phi) is 5.31. The average Bonchev–Trinajstić information content (AvgIpc) is 2.78. The summed E-state index contributed by atoms with van der Waals surface area (Å²) in [4.78, 5) is 34.1. The first-order valence-corrected chi connectivity index (χ1v) is 6.22. The Balaban J connectivity index is 2.59. The summed E-state index contributed by atoms with van der Waals surface area (Å²) in [5.74, 6) is -1.15. The Morgan fingerprint density at radius 1 is 1.44 bits per heavy atom. The van der Waals surface area contributed by atoms with Crippen LogP contribution in [-0.2, 0) is 14.4 Å². The first-order chi connectivity index (χ1) is 8.49. The van der Waals surface area contributed by atoms with E-state index >= 15 is 0 Å². The third-order valence-corrected chi connectivity index (χ3v) is 3.10. The molecule has 0 aliphatic heterocycles. The van der Waals surface area contributed by atoms with Crippen LogP contribution in [0.1, 0.15) is 24.3 Å². The van der Waals surface area contributed by atoms with Crippen molar-refractivity contribution in [1.82, 2.24) is 10.6 Å². The second-order valence-corrected chi connectivity index (χ2v) is 4.69. The van der Waals surface area contributed by atoms with Crippen molar-refractivity contribution < 1.29 is 14.4 Å². The fourth-order valence-corrected chi connectivity index (χ4v) is 2.18. The molecule has 1 aromatic rings. The Labute approximate surface area is 109 Å². The first kappa shape index (κ1) is 14.2. The van der Waals surface area contributed by atoms with Gasteiger partial charge >= 0.3 is 0 Å². The summed E-state index contributed by atoms with van der Waals surface area (Å²) < 4.78 is 0. The third kappa shape index (κ3) is 4.96. The van der Waals surface area contributed by atoms with Gasteiger partial charge in [-0.05, 0) is 11.4 Å². The minimum absolute atomic E-state index is 0.0768. The van der Waals surface area contributed by atoms with E-state index in [1.54, 1.807) is 0 Å². The normalized spacial score (nSPS) is 11.6. The molecule has 0 saturated heterocycles. The standard InChI is InChI=1S/C11H15N3O3S/c1-7(15)14-8(9-3-2-4-18-9)5-11(17)13-6-10(12)16/h2-4,8H,5-6H2,1H3,(H2,12,16)(H,13,17)(H,14,15). The maximum absolute atomic E-state index is 11.6. The number of thiophene rings is 1. The van der Waals surface area contributed by atoms with Gasteiger partial charge in [0.15, 0.2) is 0 Å². The van der Waals surface area contributed by atoms with Crippen molar-refractivity contribution in [1.29, 1.82) is 0 Å². The molecule has 0 bridgehead atoms. The molecular weight excluding hydrogens is 254 g/mol. The van der Waals surface area contributed by atoms with Crippen LogP contribution in [0.15, 0.2) is 17.5 Å². The van der Waals surface area contributed by atoms with Gasteiger partial charge in [-0.3, -0.25) is 14.4 Å². The highest BCUT2D eigenvalue weighted by atomic mass is 32.1. The van der Waals surface area contributed by atoms with Gasteiger partial charge in [0.2, 0.25) is 17.7 Å². The summed E-state index contributed by atoms with van der Waals surface area (Å²) in [6.45, 7) is 1.19. The highest BCUT2D eigenvalue weighted by molar-refractivity contribution is 7.10. The molecule has 1 heterocycles. The molecule has 1 atom stereocenters. The highest BCUT2D eigenvalue weighted by Crippen LogP contribution is 2.21. The van der Waals surface area contributed by atoms with Gasteiger partial charge in [-0.25, -0.2) is 0 Å². The summed E-state index contributed by atoms with van der Waals surface area (Å²) in [5.41, 5.74) is 4.93. The van der Waals surface area contributed by atoms with E-state index in [1.165, 1.54) is 18.3 Å². The Morgan fingerprint density at radius 3 is 2.67 bits per heavy atom. The molecule has 1 rings (SSSR count). The van der Waals surface area contributed by atoms with E-state index in [0.29, 0.717) is 0 Å². The van der Waals surface area contributed by atoms with Crippen molar-refractivity contribution in [3.63, 3.8) is 0 Å². The Hall–Kier alpha value is -1.89. The fraction of sp³-hybridized carbons (Fsp3) is 0.364. The number of amides is 3. The minimum Gasteiger partial charge on any atom is -0.368 e. The summed E-state index contributed by atoms with van der Waals surface area (Å²) in [5, 5.41) is 6.95. The number of primary amides is 1. The van der Waals surface area contributed by atoms with E-state index in [-0.39, 0.29) is 30.8 Å². The zero-order valence-electron chi connectivity index (χ0n) is 9.93. The van der Waals surface area contributed by atoms with Gasteiger partial charge in [0.05, 0.1) is 19.0 Å². The second-order valence-electron chi connectivity index (χ2n) is 3.72. The zero-order valence-corrected chi connectivity index (χ0v) is 10.8. The van der Waals surface area contributed by atoms with E-state index in [2.05, 4.69) is 10.6 Å². The molecule has 0 radical (unpaired) electrons. The monoisotopic (exact) mass is 269 g/mol. The summed E-state index contributed by atoms with van der Waals surface area (Å²) >= 11 is 1.45. The van der Waals surface area contributed by atoms with Crippen molar-refractivity contribution in [2.45, 2.75) is 19.4 Å². The van der Waals surface area contributed by atoms with Crippen LogP contribution < -0.4 is 16.4 Å². The molecular formula is C11H15N3O3S. The fourth-order valence-electron chi connectivity index (χ4n) is 1.40. The molecule has 6 nitrogen and oxygen atoms in total. The van der Waals surface area contributed by atoms with Crippen LogP contribution in [0.4, 0.5) is 0 Å². The highest BCUT2D eigenvalue weighted by Gasteiger charge is 2.17. The number of rotatable bonds is 6. The van der Waals surface area contributed by atoms with Gasteiger partial charge in [-0.1, -0.05) is 6.07 Å². The van der Waals surface area contributed by atoms with Crippen LogP contribution in [0.3, 0.4) is 0 Å². The lowest BCUT2D eigenvalue weighted by Gasteiger charge is -2.15. The molecule has 3 amide bonds. The lowest BCUT2D eigenvalue weighted by Crippen LogP contribution is -2.36. The molecule has 0 spiro atoms. The van der Waals surface area contributed by atoms with Crippen molar-refractivity contribution in [3.8, 4) is 0 Å². The Morgan fingerprint density at radius 2 is 2.17 bits per heavy atom. The predicted molar refractivity (Wildman–Crippen MR) is 67.7 cm³/mol. The summed E-state index contributed by atoms with van der Waals surface area (Å²) in [6.07, 6.45) is 0.0768. The van der Waals surface area contributed by atoms with Crippen molar-refractivity contribution in [2.24, 2.45) is 5.73 Å². The largest absolute Gasteiger partial charge is 0.368 e. The molecule has 98 valence electrons. The van der Waals surface area contributed by atoms with Crippen molar-refractivity contribution in [3.05, 3.63) is 22.4 Å². The SMILES string of the molecule is CC(=O)NC(CC(=O)NCC(N)=O)c1cccs1. The van der Waals surface area contributed by atoms with Crippen LogP contribution >= 0.6 is 11.3 Å². The molecule has 7 heteroatoms. The first-order valence-electron chi connectivity index (χ1n) is 5.34. The third-order valence-electron chi connectivity index (χ3n) is 2.11. The van der Waals surface area contributed by atoms with Gasteiger partial charge in [0.1, 0.15) is 0 Å². The van der Waals surface area contributed by atoms with E-state index < -0.39 is 5.91 Å². The molecule has 4 N–H and O–H groups in total. The predicted octanol–water partition coefficient (Wildman–Crippen LogP) is -0.0831. The smallest absolute Gasteiger partial charge is 0.236 e. The molecule has 0 aliphatic carbocycles. The molecule has 0 aliphatic rings. The topological polar surface area (TPSA) is 101 Å². The maximum Gasteiger partial charge on any atom is 0.236 e. The molecule has 18 heavy (non-hydrogen) atoms. The van der Waals surface area contributed by atoms with Gasteiger partial charge in [0.25, 0.3) is 0 Å². The maximum atomic E-state index is 11.6. The van der Waals surface area contributed by atoms with Crippen molar-refractivity contribution in [2.75, 3.05) is 6.54 Å². The van der Waals surface area contributed by atoms with Crippen LogP contribution in [0.25, 0.3) is 0 Å². The van der Waals surface area contributed by atoms with E-state index in [4.69, 9.17) is 5.73 Å². The quantitative estimate of drug-likeness (QED) is 0.673. The van der Waals surface area contributed by atoms with E-state index in [0.717, 1.165) is 4.88 Å². The van der Waals surface area contributed by atoms with Crippen molar-refractivity contribution >= 4 is 29.1 Å². The summed E-state index contributed by atoms with van der Waals surface area (Å²) in [6, 6.07) is 3.30. The number of nitrogens with two attached hydrogens (primary N) is 1. The molecule has 1 aromatic heterocycles. The van der Waals surface area contributed by atoms with E-state index in [9.17, 15) is 14.4 Å². The number of carbonyl (C=O) groups excluding carboxylic acids is 3. The number of hydrogen-bond acceptors (Lipinski definition) is 4. The van der Waals surface area contributed by atoms with Gasteiger partial charge in [-0.15, -0.1) is 11.3 Å². The molecule has 0 aromatic carbocycles. The van der Waals surface area contributed by atoms with Gasteiger partial charge < -0.3 is 16.4 Å². The van der Waals surface area contributed by atoms with Gasteiger partial charge in [0, 0.05) is 11.8 Å². The van der Waals surface area contributed by atoms with Crippen LogP contribution in [-0.4, -0.2) is 24.3 Å². The number of hydrogen-bond donors (Lipinski definition) is 3.